The molecule has 0 bridgehead atoms. The number of hydrogen-bond donors (Lipinski definition) is 0. The second kappa shape index (κ2) is 11.9. The lowest BCUT2D eigenvalue weighted by Gasteiger charge is -2.34. The molecule has 9 heteroatoms. The number of rotatable bonds is 10. The number of nitrogens with zero attached hydrogens (tertiary/aromatic N) is 4. The molecule has 1 aromatic heterocycles. The molecule has 1 aliphatic rings. The van der Waals surface area contributed by atoms with Crippen LogP contribution in [0.25, 0.3) is 10.2 Å². The van der Waals surface area contributed by atoms with E-state index in [1.54, 1.807) is 39.9 Å². The first-order chi connectivity index (χ1) is 17.7. The number of aromatic nitrogens is 1. The Morgan fingerprint density at radius 1 is 0.973 bits per heavy atom. The van der Waals surface area contributed by atoms with Gasteiger partial charge in [0.25, 0.3) is 5.91 Å². The van der Waals surface area contributed by atoms with Gasteiger partial charge in [-0.05, 0) is 68.1 Å². The smallest absolute Gasteiger partial charge is 0.253 e. The third kappa shape index (κ3) is 6.16. The van der Waals surface area contributed by atoms with Crippen LogP contribution in [0.5, 0.6) is 0 Å². The number of unbranched alkanes of at least 4 members (excludes halogenated alkanes) is 2. The summed E-state index contributed by atoms with van der Waals surface area (Å²) in [6, 6.07) is 10.8. The number of anilines is 1. The normalized spacial score (nSPS) is 14.6. The summed E-state index contributed by atoms with van der Waals surface area (Å²) in [7, 11) is -3.57. The molecule has 1 amide bonds. The average Bonchev–Trinajstić information content (AvgIpc) is 3.33. The zero-order valence-corrected chi connectivity index (χ0v) is 24.0. The molecular weight excluding hydrogens is 504 g/mol. The molecule has 1 aliphatic heterocycles. The number of hydrogen-bond acceptors (Lipinski definition) is 6. The molecule has 1 saturated heterocycles. The summed E-state index contributed by atoms with van der Waals surface area (Å²) in [4.78, 5) is 22.4. The van der Waals surface area contributed by atoms with E-state index >= 15 is 0 Å². The van der Waals surface area contributed by atoms with Crippen molar-refractivity contribution in [1.29, 1.82) is 0 Å². The molecule has 4 rings (SSSR count). The number of piperazine rings is 1. The van der Waals surface area contributed by atoms with E-state index in [4.69, 9.17) is 4.98 Å². The van der Waals surface area contributed by atoms with E-state index < -0.39 is 10.0 Å². The van der Waals surface area contributed by atoms with Crippen molar-refractivity contribution in [2.24, 2.45) is 0 Å². The van der Waals surface area contributed by atoms with Crippen LogP contribution in [0.15, 0.2) is 41.3 Å². The molecule has 200 valence electrons. The summed E-state index contributed by atoms with van der Waals surface area (Å²) in [5.74, 6) is -0.0619. The van der Waals surface area contributed by atoms with Gasteiger partial charge in [0.2, 0.25) is 10.0 Å². The minimum Gasteiger partial charge on any atom is -0.345 e. The van der Waals surface area contributed by atoms with Gasteiger partial charge >= 0.3 is 0 Å². The fraction of sp³-hybridized carbons (Fsp3) is 0.500. The van der Waals surface area contributed by atoms with Gasteiger partial charge in [-0.15, -0.1) is 0 Å². The maximum atomic E-state index is 13.2. The fourth-order valence-corrected chi connectivity index (χ4v) is 7.31. The zero-order valence-electron chi connectivity index (χ0n) is 22.4. The van der Waals surface area contributed by atoms with Crippen molar-refractivity contribution in [3.63, 3.8) is 0 Å². The van der Waals surface area contributed by atoms with Gasteiger partial charge in [0.1, 0.15) is 0 Å². The summed E-state index contributed by atoms with van der Waals surface area (Å²) >= 11 is 1.71. The Hall–Kier alpha value is -2.49. The van der Waals surface area contributed by atoms with Crippen molar-refractivity contribution in [1.82, 2.24) is 14.2 Å². The molecule has 37 heavy (non-hydrogen) atoms. The highest BCUT2D eigenvalue weighted by molar-refractivity contribution is 7.89. The zero-order chi connectivity index (χ0) is 26.6. The monoisotopic (exact) mass is 542 g/mol. The third-order valence-electron chi connectivity index (χ3n) is 6.91. The van der Waals surface area contributed by atoms with Crippen LogP contribution in [0, 0.1) is 13.8 Å². The quantitative estimate of drug-likeness (QED) is 0.340. The molecule has 1 fully saturated rings. The van der Waals surface area contributed by atoms with Crippen LogP contribution < -0.4 is 4.90 Å². The van der Waals surface area contributed by atoms with E-state index in [0.717, 1.165) is 49.4 Å². The third-order valence-corrected chi connectivity index (χ3v) is 10.1. The molecule has 2 aromatic carbocycles. The van der Waals surface area contributed by atoms with Gasteiger partial charge in [0.15, 0.2) is 5.13 Å². The molecule has 7 nitrogen and oxygen atoms in total. The molecule has 0 spiro atoms. The molecule has 0 N–H and O–H groups in total. The van der Waals surface area contributed by atoms with E-state index in [9.17, 15) is 13.2 Å². The lowest BCUT2D eigenvalue weighted by Crippen LogP contribution is -2.48. The standard InChI is InChI=1S/C28H38N4O3S2/c1-5-7-13-32(14-8-6-2)37(34,35)24-11-9-23(10-12-24)27(33)30-15-17-31(18-16-30)28-29-25-20-21(3)19-22(4)26(25)36-28/h9-12,19-20H,5-8,13-18H2,1-4H3. The van der Waals surface area contributed by atoms with Gasteiger partial charge < -0.3 is 9.80 Å². The van der Waals surface area contributed by atoms with Gasteiger partial charge in [0.05, 0.1) is 15.1 Å². The average molecular weight is 543 g/mol. The van der Waals surface area contributed by atoms with Gasteiger partial charge in [-0.2, -0.15) is 4.31 Å². The molecule has 0 aliphatic carbocycles. The van der Waals surface area contributed by atoms with Gasteiger partial charge in [-0.1, -0.05) is 44.1 Å². The second-order valence-corrected chi connectivity index (χ2v) is 12.8. The maximum Gasteiger partial charge on any atom is 0.253 e. The molecule has 0 unspecified atom stereocenters. The molecule has 2 heterocycles. The van der Waals surface area contributed by atoms with E-state index in [2.05, 4.69) is 44.7 Å². The van der Waals surface area contributed by atoms with Crippen molar-refractivity contribution < 1.29 is 13.2 Å². The Morgan fingerprint density at radius 3 is 2.19 bits per heavy atom. The Morgan fingerprint density at radius 2 is 1.59 bits per heavy atom. The first kappa shape index (κ1) is 27.5. The van der Waals surface area contributed by atoms with Crippen LogP contribution in [0.3, 0.4) is 0 Å². The maximum absolute atomic E-state index is 13.2. The Kier molecular flexibility index (Phi) is 8.87. The highest BCUT2D eigenvalue weighted by Gasteiger charge is 2.26. The number of aryl methyl sites for hydroxylation is 2. The molecule has 0 atom stereocenters. The largest absolute Gasteiger partial charge is 0.345 e. The summed E-state index contributed by atoms with van der Waals surface area (Å²) in [5.41, 5.74) is 4.02. The van der Waals surface area contributed by atoms with Crippen molar-refractivity contribution in [2.45, 2.75) is 58.3 Å². The van der Waals surface area contributed by atoms with Crippen LogP contribution in [-0.4, -0.2) is 67.8 Å². The first-order valence-corrected chi connectivity index (χ1v) is 15.5. The molecular formula is C28H38N4O3S2. The number of benzene rings is 2. The lowest BCUT2D eigenvalue weighted by atomic mass is 10.1. The highest BCUT2D eigenvalue weighted by Crippen LogP contribution is 2.32. The van der Waals surface area contributed by atoms with E-state index in [1.165, 1.54) is 15.8 Å². The summed E-state index contributed by atoms with van der Waals surface area (Å²) < 4.78 is 29.2. The number of sulfonamides is 1. The Balaban J connectivity index is 1.40. The van der Waals surface area contributed by atoms with E-state index in [-0.39, 0.29) is 10.8 Å². The number of fused-ring (bicyclic) bond motifs is 1. The summed E-state index contributed by atoms with van der Waals surface area (Å²) in [6.07, 6.45) is 3.55. The van der Waals surface area contributed by atoms with E-state index in [1.807, 2.05) is 4.90 Å². The number of carbonyl (C=O) groups excluding carboxylic acids is 1. The first-order valence-electron chi connectivity index (χ1n) is 13.3. The predicted octanol–water partition coefficient (Wildman–Crippen LogP) is 5.47. The predicted molar refractivity (Wildman–Crippen MR) is 152 cm³/mol. The molecule has 3 aromatic rings. The van der Waals surface area contributed by atoms with Crippen LogP contribution in [0.2, 0.25) is 0 Å². The Bertz CT molecular complexity index is 1320. The van der Waals surface area contributed by atoms with Crippen LogP contribution >= 0.6 is 11.3 Å². The van der Waals surface area contributed by atoms with Crippen molar-refractivity contribution in [2.75, 3.05) is 44.2 Å². The number of carbonyl (C=O) groups is 1. The van der Waals surface area contributed by atoms with Crippen LogP contribution in [0.1, 0.15) is 61.0 Å². The minimum absolute atomic E-state index is 0.0619. The topological polar surface area (TPSA) is 73.8 Å². The second-order valence-electron chi connectivity index (χ2n) is 9.84. The van der Waals surface area contributed by atoms with E-state index in [0.29, 0.717) is 31.7 Å². The minimum atomic E-state index is -3.57. The summed E-state index contributed by atoms with van der Waals surface area (Å²) in [6.45, 7) is 12.0. The lowest BCUT2D eigenvalue weighted by molar-refractivity contribution is 0.0746. The molecule has 0 radical (unpaired) electrons. The molecule has 0 saturated carbocycles. The summed E-state index contributed by atoms with van der Waals surface area (Å²) in [5, 5.41) is 1.00. The van der Waals surface area contributed by atoms with Gasteiger partial charge in [-0.3, -0.25) is 4.79 Å². The van der Waals surface area contributed by atoms with Crippen LogP contribution in [0.4, 0.5) is 5.13 Å². The van der Waals surface area contributed by atoms with Gasteiger partial charge in [-0.25, -0.2) is 13.4 Å². The SMILES string of the molecule is CCCCN(CCCC)S(=O)(=O)c1ccc(C(=O)N2CCN(c3nc4cc(C)cc(C)c4s3)CC2)cc1. The van der Waals surface area contributed by atoms with Crippen molar-refractivity contribution >= 4 is 42.6 Å². The van der Waals surface area contributed by atoms with Gasteiger partial charge in [0, 0.05) is 44.8 Å². The fourth-order valence-electron chi connectivity index (χ4n) is 4.72. The van der Waals surface area contributed by atoms with Crippen molar-refractivity contribution in [3.8, 4) is 0 Å². The number of amides is 1. The Labute approximate surface area is 225 Å². The van der Waals surface area contributed by atoms with Crippen LogP contribution in [-0.2, 0) is 10.0 Å². The highest BCUT2D eigenvalue weighted by atomic mass is 32.2. The van der Waals surface area contributed by atoms with Crippen molar-refractivity contribution in [3.05, 3.63) is 53.1 Å². The number of thiazole rings is 1.